The molecule has 98 valence electrons. The van der Waals surface area contributed by atoms with Crippen LogP contribution in [0, 0.1) is 0 Å². The highest BCUT2D eigenvalue weighted by molar-refractivity contribution is 7.14. The van der Waals surface area contributed by atoms with Gasteiger partial charge in [0.1, 0.15) is 6.10 Å². The van der Waals surface area contributed by atoms with Crippen LogP contribution >= 0.6 is 22.7 Å². The molecule has 0 radical (unpaired) electrons. The summed E-state index contributed by atoms with van der Waals surface area (Å²) < 4.78 is 24.1. The minimum atomic E-state index is -2.69. The van der Waals surface area contributed by atoms with E-state index in [-0.39, 0.29) is 6.54 Å². The van der Waals surface area contributed by atoms with Gasteiger partial charge in [-0.2, -0.15) is 0 Å². The SMILES string of the molecule is OC(CNCc1cc(-c2cccs2)cs1)C(F)F. The van der Waals surface area contributed by atoms with Gasteiger partial charge in [0, 0.05) is 28.4 Å². The molecular formula is C12H13F2NOS2. The Hall–Kier alpha value is -0.820. The molecule has 0 bridgehead atoms. The summed E-state index contributed by atoms with van der Waals surface area (Å²) in [6, 6.07) is 6.08. The van der Waals surface area contributed by atoms with E-state index in [4.69, 9.17) is 5.11 Å². The van der Waals surface area contributed by atoms with E-state index in [1.165, 1.54) is 4.88 Å². The molecule has 1 unspecified atom stereocenters. The van der Waals surface area contributed by atoms with Crippen LogP contribution in [0.1, 0.15) is 4.88 Å². The van der Waals surface area contributed by atoms with Crippen molar-refractivity contribution in [1.29, 1.82) is 0 Å². The van der Waals surface area contributed by atoms with Gasteiger partial charge in [0.05, 0.1) is 0 Å². The summed E-state index contributed by atoms with van der Waals surface area (Å²) in [5.74, 6) is 0. The van der Waals surface area contributed by atoms with Gasteiger partial charge in [0.25, 0.3) is 6.43 Å². The summed E-state index contributed by atoms with van der Waals surface area (Å²) in [5.41, 5.74) is 1.15. The molecule has 2 heterocycles. The molecule has 2 aromatic heterocycles. The number of halogens is 2. The maximum atomic E-state index is 12.1. The first-order chi connectivity index (χ1) is 8.66. The summed E-state index contributed by atoms with van der Waals surface area (Å²) in [5, 5.41) is 15.8. The highest BCUT2D eigenvalue weighted by atomic mass is 32.1. The minimum Gasteiger partial charge on any atom is -0.386 e. The van der Waals surface area contributed by atoms with E-state index >= 15 is 0 Å². The zero-order valence-corrected chi connectivity index (χ0v) is 11.1. The predicted molar refractivity (Wildman–Crippen MR) is 71.3 cm³/mol. The van der Waals surface area contributed by atoms with Crippen LogP contribution < -0.4 is 5.32 Å². The van der Waals surface area contributed by atoms with Crippen molar-refractivity contribution < 1.29 is 13.9 Å². The van der Waals surface area contributed by atoms with Gasteiger partial charge in [0.15, 0.2) is 0 Å². The van der Waals surface area contributed by atoms with Crippen LogP contribution in [-0.2, 0) is 6.54 Å². The van der Waals surface area contributed by atoms with Crippen molar-refractivity contribution in [2.24, 2.45) is 0 Å². The first-order valence-electron chi connectivity index (χ1n) is 5.45. The highest BCUT2D eigenvalue weighted by Gasteiger charge is 2.15. The second-order valence-electron chi connectivity index (χ2n) is 3.81. The number of thiophene rings is 2. The van der Waals surface area contributed by atoms with Crippen LogP contribution in [0.25, 0.3) is 10.4 Å². The molecule has 0 fully saturated rings. The van der Waals surface area contributed by atoms with E-state index in [1.807, 2.05) is 29.0 Å². The molecule has 6 heteroatoms. The second kappa shape index (κ2) is 6.38. The van der Waals surface area contributed by atoms with Gasteiger partial charge in [-0.1, -0.05) is 6.07 Å². The smallest absolute Gasteiger partial charge is 0.265 e. The molecule has 2 aromatic rings. The number of rotatable bonds is 6. The molecular weight excluding hydrogens is 276 g/mol. The molecule has 1 atom stereocenters. The normalized spacial score (nSPS) is 13.1. The fourth-order valence-corrected chi connectivity index (χ4v) is 3.12. The Kier molecular flexibility index (Phi) is 4.82. The third-order valence-electron chi connectivity index (χ3n) is 2.40. The Labute approximate surface area is 112 Å². The Morgan fingerprint density at radius 1 is 1.33 bits per heavy atom. The van der Waals surface area contributed by atoms with E-state index in [9.17, 15) is 8.78 Å². The Morgan fingerprint density at radius 2 is 2.17 bits per heavy atom. The molecule has 0 saturated heterocycles. The predicted octanol–water partition coefficient (Wildman–Crippen LogP) is 3.19. The zero-order chi connectivity index (χ0) is 13.0. The van der Waals surface area contributed by atoms with Crippen LogP contribution in [0.4, 0.5) is 8.78 Å². The van der Waals surface area contributed by atoms with Crippen molar-refractivity contribution in [2.45, 2.75) is 19.1 Å². The lowest BCUT2D eigenvalue weighted by Crippen LogP contribution is -2.31. The molecule has 0 amide bonds. The standard InChI is InChI=1S/C12H13F2NOS2/c13-12(14)10(16)6-15-5-9-4-8(7-18-9)11-2-1-3-17-11/h1-4,7,10,12,15-16H,5-6H2. The summed E-state index contributed by atoms with van der Waals surface area (Å²) in [7, 11) is 0. The minimum absolute atomic E-state index is 0.0934. The van der Waals surface area contributed by atoms with Crippen molar-refractivity contribution in [3.8, 4) is 10.4 Å². The fraction of sp³-hybridized carbons (Fsp3) is 0.333. The van der Waals surface area contributed by atoms with E-state index in [0.29, 0.717) is 6.54 Å². The van der Waals surface area contributed by atoms with Crippen LogP contribution in [0.2, 0.25) is 0 Å². The van der Waals surface area contributed by atoms with Gasteiger partial charge < -0.3 is 10.4 Å². The molecule has 0 aliphatic heterocycles. The van der Waals surface area contributed by atoms with Gasteiger partial charge in [-0.3, -0.25) is 0 Å². The first kappa shape index (κ1) is 13.6. The third-order valence-corrected chi connectivity index (χ3v) is 4.26. The first-order valence-corrected chi connectivity index (χ1v) is 7.21. The zero-order valence-electron chi connectivity index (χ0n) is 9.48. The second-order valence-corrected chi connectivity index (χ2v) is 5.76. The molecule has 0 saturated carbocycles. The lowest BCUT2D eigenvalue weighted by molar-refractivity contribution is -0.00337. The number of hydrogen-bond acceptors (Lipinski definition) is 4. The Morgan fingerprint density at radius 3 is 2.83 bits per heavy atom. The lowest BCUT2D eigenvalue weighted by Gasteiger charge is -2.09. The largest absolute Gasteiger partial charge is 0.386 e. The number of alkyl halides is 2. The number of hydrogen-bond donors (Lipinski definition) is 2. The third kappa shape index (κ3) is 3.58. The van der Waals surface area contributed by atoms with Crippen molar-refractivity contribution in [3.63, 3.8) is 0 Å². The van der Waals surface area contributed by atoms with Crippen molar-refractivity contribution in [2.75, 3.05) is 6.54 Å². The molecule has 2 N–H and O–H groups in total. The van der Waals surface area contributed by atoms with Gasteiger partial charge in [-0.25, -0.2) is 8.78 Å². The fourth-order valence-electron chi connectivity index (χ4n) is 1.48. The summed E-state index contributed by atoms with van der Waals surface area (Å²) in [6.45, 7) is 0.406. The average Bonchev–Trinajstić information content (AvgIpc) is 2.98. The van der Waals surface area contributed by atoms with Gasteiger partial charge in [-0.05, 0) is 22.9 Å². The van der Waals surface area contributed by atoms with Crippen LogP contribution in [0.3, 0.4) is 0 Å². The van der Waals surface area contributed by atoms with Crippen LogP contribution in [0.5, 0.6) is 0 Å². The van der Waals surface area contributed by atoms with E-state index in [1.54, 1.807) is 22.7 Å². The summed E-state index contributed by atoms with van der Waals surface area (Å²) in [4.78, 5) is 2.27. The average molecular weight is 289 g/mol. The number of nitrogens with one attached hydrogen (secondary N) is 1. The quantitative estimate of drug-likeness (QED) is 0.856. The van der Waals surface area contributed by atoms with Crippen molar-refractivity contribution in [1.82, 2.24) is 5.32 Å². The number of aliphatic hydroxyl groups excluding tert-OH is 1. The molecule has 2 nitrogen and oxygen atoms in total. The van der Waals surface area contributed by atoms with Gasteiger partial charge >= 0.3 is 0 Å². The summed E-state index contributed by atoms with van der Waals surface area (Å²) in [6.07, 6.45) is -4.29. The molecule has 0 aliphatic carbocycles. The van der Waals surface area contributed by atoms with Crippen molar-refractivity contribution >= 4 is 22.7 Å². The topological polar surface area (TPSA) is 32.3 Å². The van der Waals surface area contributed by atoms with E-state index in [0.717, 1.165) is 10.4 Å². The van der Waals surface area contributed by atoms with E-state index < -0.39 is 12.5 Å². The molecule has 2 rings (SSSR count). The maximum Gasteiger partial charge on any atom is 0.265 e. The lowest BCUT2D eigenvalue weighted by atomic mass is 10.2. The molecule has 18 heavy (non-hydrogen) atoms. The highest BCUT2D eigenvalue weighted by Crippen LogP contribution is 2.29. The summed E-state index contributed by atoms with van der Waals surface area (Å²) >= 11 is 3.25. The maximum absolute atomic E-state index is 12.1. The number of aliphatic hydroxyl groups is 1. The van der Waals surface area contributed by atoms with E-state index in [2.05, 4.69) is 5.32 Å². The molecule has 0 aliphatic rings. The van der Waals surface area contributed by atoms with Crippen LogP contribution in [0.15, 0.2) is 29.0 Å². The monoisotopic (exact) mass is 289 g/mol. The van der Waals surface area contributed by atoms with Gasteiger partial charge in [-0.15, -0.1) is 22.7 Å². The molecule has 0 aromatic carbocycles. The van der Waals surface area contributed by atoms with Crippen LogP contribution in [-0.4, -0.2) is 24.2 Å². The Bertz CT molecular complexity index is 470. The van der Waals surface area contributed by atoms with Crippen molar-refractivity contribution in [3.05, 3.63) is 33.8 Å². The Balaban J connectivity index is 1.84. The molecule has 0 spiro atoms. The van der Waals surface area contributed by atoms with Gasteiger partial charge in [0.2, 0.25) is 0 Å².